The van der Waals surface area contributed by atoms with Gasteiger partial charge in [0.15, 0.2) is 22.8 Å². The average molecular weight is 392 g/mol. The predicted octanol–water partition coefficient (Wildman–Crippen LogP) is 2.29. The van der Waals surface area contributed by atoms with Crippen LogP contribution in [0.4, 0.5) is 11.8 Å². The van der Waals surface area contributed by atoms with Crippen molar-refractivity contribution in [3.63, 3.8) is 0 Å². The zero-order chi connectivity index (χ0) is 19.9. The summed E-state index contributed by atoms with van der Waals surface area (Å²) in [6.45, 7) is 7.92. The van der Waals surface area contributed by atoms with E-state index < -0.39 is 5.60 Å². The number of fused-ring (bicyclic) bond motifs is 4. The average Bonchev–Trinajstić information content (AvgIpc) is 3.37. The quantitative estimate of drug-likeness (QED) is 0.708. The van der Waals surface area contributed by atoms with E-state index in [-0.39, 0.29) is 12.0 Å². The van der Waals surface area contributed by atoms with Gasteiger partial charge in [-0.15, -0.1) is 0 Å². The maximum absolute atomic E-state index is 6.08. The smallest absolute Gasteiger partial charge is 0.219 e. The summed E-state index contributed by atoms with van der Waals surface area (Å²) in [4.78, 5) is 25.6. The molecule has 29 heavy (non-hydrogen) atoms. The van der Waals surface area contributed by atoms with E-state index in [9.17, 15) is 0 Å². The van der Waals surface area contributed by atoms with Crippen molar-refractivity contribution < 1.29 is 4.74 Å². The van der Waals surface area contributed by atoms with Gasteiger partial charge in [0.1, 0.15) is 11.4 Å². The Morgan fingerprint density at radius 2 is 1.90 bits per heavy atom. The molecule has 0 aromatic carbocycles. The predicted molar refractivity (Wildman–Crippen MR) is 108 cm³/mol. The molecule has 3 aromatic rings. The van der Waals surface area contributed by atoms with Crippen LogP contribution in [0.2, 0.25) is 0 Å². The van der Waals surface area contributed by atoms with E-state index in [1.165, 1.54) is 12.8 Å². The van der Waals surface area contributed by atoms with Gasteiger partial charge in [0.2, 0.25) is 5.95 Å². The van der Waals surface area contributed by atoms with Gasteiger partial charge in [-0.25, -0.2) is 24.9 Å². The number of hydrogen-bond acceptors (Lipinski definition) is 8. The van der Waals surface area contributed by atoms with Crippen LogP contribution in [-0.2, 0) is 10.3 Å². The van der Waals surface area contributed by atoms with Crippen LogP contribution in [0, 0.1) is 5.92 Å². The normalized spacial score (nSPS) is 27.1. The maximum atomic E-state index is 6.08. The van der Waals surface area contributed by atoms with Crippen LogP contribution in [0.25, 0.3) is 22.6 Å². The summed E-state index contributed by atoms with van der Waals surface area (Å²) in [6, 6.07) is 0.697. The van der Waals surface area contributed by atoms with E-state index in [1.54, 1.807) is 12.4 Å². The highest BCUT2D eigenvalue weighted by atomic mass is 16.5. The van der Waals surface area contributed by atoms with Crippen molar-refractivity contribution in [2.45, 2.75) is 51.3 Å². The lowest BCUT2D eigenvalue weighted by molar-refractivity contribution is -0.0655. The molecule has 6 heterocycles. The van der Waals surface area contributed by atoms with Crippen molar-refractivity contribution in [1.29, 1.82) is 0 Å². The summed E-state index contributed by atoms with van der Waals surface area (Å²) in [6.07, 6.45) is 5.84. The fourth-order valence-electron chi connectivity index (χ4n) is 4.84. The van der Waals surface area contributed by atoms with Crippen molar-refractivity contribution in [3.8, 4) is 11.4 Å². The van der Waals surface area contributed by atoms with Crippen LogP contribution in [0.15, 0.2) is 12.4 Å². The highest BCUT2D eigenvalue weighted by Crippen LogP contribution is 2.45. The van der Waals surface area contributed by atoms with Gasteiger partial charge < -0.3 is 19.9 Å². The number of nitrogens with zero attached hydrogens (tertiary/aromatic N) is 7. The first-order valence-corrected chi connectivity index (χ1v) is 10.2. The second-order valence-corrected chi connectivity index (χ2v) is 8.99. The van der Waals surface area contributed by atoms with Gasteiger partial charge in [0, 0.05) is 25.0 Å². The summed E-state index contributed by atoms with van der Waals surface area (Å²) >= 11 is 0. The van der Waals surface area contributed by atoms with Crippen molar-refractivity contribution in [1.82, 2.24) is 29.5 Å². The number of anilines is 2. The molecule has 2 saturated heterocycles. The molecule has 3 fully saturated rings. The first-order chi connectivity index (χ1) is 13.9. The summed E-state index contributed by atoms with van der Waals surface area (Å²) in [5.74, 6) is 3.43. The molecule has 4 aliphatic rings. The summed E-state index contributed by atoms with van der Waals surface area (Å²) < 4.78 is 8.29. The fraction of sp³-hybridized carbons (Fsp3) is 0.550. The summed E-state index contributed by atoms with van der Waals surface area (Å²) in [5.41, 5.74) is 7.67. The molecule has 0 radical (unpaired) electrons. The van der Waals surface area contributed by atoms with Crippen LogP contribution in [0.1, 0.15) is 45.5 Å². The Morgan fingerprint density at radius 1 is 1.14 bits per heavy atom. The first-order valence-electron chi connectivity index (χ1n) is 10.2. The molecular formula is C20H24N8O. The Balaban J connectivity index is 1.62. The maximum Gasteiger partial charge on any atom is 0.219 e. The number of nitrogen functional groups attached to an aromatic ring is 1. The standard InChI is InChI=1S/C20H24N8O/c1-10-9-29-20(2,3)18-24-14-16(27-8-11-4-13(27)5-11)25-15(26-17(14)28(10)18)12-6-22-19(21)23-7-12/h6-7,10-11,13H,4-5,8-9H2,1-3H3,(H2,21,22,23)/t10-,11?,13?/m0/s1. The SMILES string of the molecule is C[C@H]1COC(C)(C)c2nc3c(N4CC5CC4C5)nc(-c4cnc(N)nc4)nc3n21. The van der Waals surface area contributed by atoms with Crippen molar-refractivity contribution in [3.05, 3.63) is 18.2 Å². The van der Waals surface area contributed by atoms with E-state index in [0.717, 1.165) is 40.8 Å². The summed E-state index contributed by atoms with van der Waals surface area (Å²) in [5, 5.41) is 0. The zero-order valence-electron chi connectivity index (χ0n) is 16.8. The van der Waals surface area contributed by atoms with Crippen LogP contribution in [-0.4, -0.2) is 48.7 Å². The second-order valence-electron chi connectivity index (χ2n) is 8.99. The molecule has 1 saturated carbocycles. The molecular weight excluding hydrogens is 368 g/mol. The van der Waals surface area contributed by atoms with E-state index >= 15 is 0 Å². The molecule has 2 bridgehead atoms. The lowest BCUT2D eigenvalue weighted by atomic mass is 9.86. The van der Waals surface area contributed by atoms with Crippen LogP contribution in [0.5, 0.6) is 0 Å². The Hall–Kier alpha value is -2.81. The van der Waals surface area contributed by atoms with Gasteiger partial charge in [-0.2, -0.15) is 0 Å². The number of aromatic nitrogens is 6. The Labute approximate surface area is 168 Å². The molecule has 7 rings (SSSR count). The van der Waals surface area contributed by atoms with Gasteiger partial charge in [0.05, 0.1) is 18.2 Å². The molecule has 9 heteroatoms. The molecule has 0 amide bonds. The van der Waals surface area contributed by atoms with E-state index in [0.29, 0.717) is 18.5 Å². The number of imidazole rings is 1. The Bertz CT molecular complexity index is 1120. The van der Waals surface area contributed by atoms with E-state index in [4.69, 9.17) is 25.4 Å². The van der Waals surface area contributed by atoms with Crippen LogP contribution in [0.3, 0.4) is 0 Å². The van der Waals surface area contributed by atoms with Crippen molar-refractivity contribution >= 4 is 22.9 Å². The van der Waals surface area contributed by atoms with Gasteiger partial charge in [-0.3, -0.25) is 0 Å². The molecule has 150 valence electrons. The third-order valence-electron chi connectivity index (χ3n) is 6.49. The zero-order valence-corrected chi connectivity index (χ0v) is 16.8. The molecule has 0 unspecified atom stereocenters. The van der Waals surface area contributed by atoms with Gasteiger partial charge in [-0.1, -0.05) is 0 Å². The van der Waals surface area contributed by atoms with Crippen LogP contribution >= 0.6 is 0 Å². The van der Waals surface area contributed by atoms with E-state index in [2.05, 4.69) is 40.2 Å². The monoisotopic (exact) mass is 392 g/mol. The Morgan fingerprint density at radius 3 is 2.59 bits per heavy atom. The molecule has 1 atom stereocenters. The summed E-state index contributed by atoms with van der Waals surface area (Å²) in [7, 11) is 0. The third kappa shape index (κ3) is 2.40. The minimum absolute atomic E-state index is 0.147. The number of rotatable bonds is 2. The van der Waals surface area contributed by atoms with Crippen molar-refractivity contribution in [2.24, 2.45) is 5.92 Å². The minimum atomic E-state index is -0.470. The van der Waals surface area contributed by atoms with Gasteiger partial charge >= 0.3 is 0 Å². The van der Waals surface area contributed by atoms with Gasteiger partial charge in [-0.05, 0) is 39.5 Å². The Kier molecular flexibility index (Phi) is 3.31. The molecule has 3 aliphatic heterocycles. The first kappa shape index (κ1) is 17.1. The lowest BCUT2D eigenvalue weighted by Gasteiger charge is -2.34. The molecule has 1 aliphatic carbocycles. The highest BCUT2D eigenvalue weighted by Gasteiger charge is 2.45. The lowest BCUT2D eigenvalue weighted by Crippen LogP contribution is -2.35. The van der Waals surface area contributed by atoms with Crippen molar-refractivity contribution in [2.75, 3.05) is 23.8 Å². The largest absolute Gasteiger partial charge is 0.368 e. The molecule has 3 aromatic heterocycles. The van der Waals surface area contributed by atoms with Crippen LogP contribution < -0.4 is 10.6 Å². The molecule has 9 nitrogen and oxygen atoms in total. The third-order valence-corrected chi connectivity index (χ3v) is 6.49. The second kappa shape index (κ2) is 5.63. The van der Waals surface area contributed by atoms with Gasteiger partial charge in [0.25, 0.3) is 0 Å². The minimum Gasteiger partial charge on any atom is -0.368 e. The molecule has 0 spiro atoms. The topological polar surface area (TPSA) is 108 Å². The van der Waals surface area contributed by atoms with E-state index in [1.807, 2.05) is 0 Å². The number of hydrogen-bond donors (Lipinski definition) is 1. The molecule has 2 N–H and O–H groups in total. The number of nitrogens with two attached hydrogens (primary N) is 1. The fourth-order valence-corrected chi connectivity index (χ4v) is 4.84. The highest BCUT2D eigenvalue weighted by molar-refractivity contribution is 5.87. The number of ether oxygens (including phenoxy) is 1.